The largest absolute Gasteiger partial charge is 0.346 e. The van der Waals surface area contributed by atoms with Crippen LogP contribution >= 0.6 is 0 Å². The Bertz CT molecular complexity index is 463. The molecule has 0 aromatic carbocycles. The van der Waals surface area contributed by atoms with Gasteiger partial charge >= 0.3 is 0 Å². The van der Waals surface area contributed by atoms with Gasteiger partial charge in [0, 0.05) is 17.8 Å². The third-order valence-electron chi connectivity index (χ3n) is 1.89. The summed E-state index contributed by atoms with van der Waals surface area (Å²) in [6.45, 7) is 5.96. The second-order valence-electron chi connectivity index (χ2n) is 2.67. The zero-order valence-electron chi connectivity index (χ0n) is 8.63. The molecule has 0 radical (unpaired) electrons. The first-order valence-electron chi connectivity index (χ1n) is 4.65. The van der Waals surface area contributed by atoms with Crippen LogP contribution in [0, 0.1) is 18.3 Å². The van der Waals surface area contributed by atoms with Gasteiger partial charge in [-0.2, -0.15) is 5.26 Å². The number of hydrogen-bond donors (Lipinski definition) is 1. The van der Waals surface area contributed by atoms with Crippen molar-refractivity contribution in [1.29, 1.82) is 5.26 Å². The molecule has 0 aliphatic rings. The van der Waals surface area contributed by atoms with Gasteiger partial charge in [-0.05, 0) is 18.6 Å². The molecule has 1 N–H and O–H groups in total. The van der Waals surface area contributed by atoms with E-state index in [1.165, 1.54) is 0 Å². The van der Waals surface area contributed by atoms with Crippen LogP contribution in [0.2, 0.25) is 0 Å². The number of pyridine rings is 1. The summed E-state index contributed by atoms with van der Waals surface area (Å²) in [5.74, 6) is 0. The molecule has 0 amide bonds. The van der Waals surface area contributed by atoms with E-state index in [0.717, 1.165) is 16.6 Å². The molecule has 0 bridgehead atoms. The van der Waals surface area contributed by atoms with Crippen molar-refractivity contribution in [3.05, 3.63) is 29.6 Å². The lowest BCUT2D eigenvalue weighted by Gasteiger charge is -1.92. The van der Waals surface area contributed by atoms with Gasteiger partial charge in [0.2, 0.25) is 0 Å². The van der Waals surface area contributed by atoms with Crippen molar-refractivity contribution >= 4 is 11.0 Å². The summed E-state index contributed by atoms with van der Waals surface area (Å²) in [5.41, 5.74) is 2.53. The first-order chi connectivity index (χ1) is 6.83. The highest BCUT2D eigenvalue weighted by molar-refractivity contribution is 5.85. The molecule has 2 heterocycles. The summed E-state index contributed by atoms with van der Waals surface area (Å²) in [5, 5.41) is 9.72. The molecular formula is C11H13N3. The molecule has 0 aliphatic carbocycles. The molecule has 3 heteroatoms. The minimum absolute atomic E-state index is 0.679. The lowest BCUT2D eigenvalue weighted by atomic mass is 10.1. The Morgan fingerprint density at radius 2 is 2.14 bits per heavy atom. The minimum atomic E-state index is 0.679. The van der Waals surface area contributed by atoms with E-state index in [1.54, 1.807) is 12.3 Å². The summed E-state index contributed by atoms with van der Waals surface area (Å²) in [6, 6.07) is 3.86. The van der Waals surface area contributed by atoms with Crippen molar-refractivity contribution in [2.75, 3.05) is 0 Å². The van der Waals surface area contributed by atoms with Crippen LogP contribution in [0.4, 0.5) is 0 Å². The first kappa shape index (κ1) is 10.3. The summed E-state index contributed by atoms with van der Waals surface area (Å²) in [4.78, 5) is 7.10. The van der Waals surface area contributed by atoms with E-state index in [9.17, 15) is 0 Å². The summed E-state index contributed by atoms with van der Waals surface area (Å²) in [7, 11) is 0. The van der Waals surface area contributed by atoms with E-state index in [2.05, 4.69) is 16.0 Å². The average Bonchev–Trinajstić information content (AvgIpc) is 2.64. The molecule has 14 heavy (non-hydrogen) atoms. The number of hydrogen-bond acceptors (Lipinski definition) is 2. The molecule has 0 saturated carbocycles. The number of aromatic nitrogens is 2. The fourth-order valence-electron chi connectivity index (χ4n) is 1.31. The first-order valence-corrected chi connectivity index (χ1v) is 4.65. The molecule has 0 aliphatic heterocycles. The van der Waals surface area contributed by atoms with Gasteiger partial charge in [0.1, 0.15) is 5.65 Å². The van der Waals surface area contributed by atoms with E-state index in [4.69, 9.17) is 5.26 Å². The van der Waals surface area contributed by atoms with Gasteiger partial charge in [0.25, 0.3) is 0 Å². The minimum Gasteiger partial charge on any atom is -0.346 e. The predicted molar refractivity (Wildman–Crippen MR) is 56.9 cm³/mol. The van der Waals surface area contributed by atoms with Gasteiger partial charge in [-0.1, -0.05) is 13.8 Å². The zero-order chi connectivity index (χ0) is 10.6. The molecule has 3 nitrogen and oxygen atoms in total. The number of aryl methyl sites for hydroxylation is 1. The smallest absolute Gasteiger partial charge is 0.138 e. The fourth-order valence-corrected chi connectivity index (χ4v) is 1.31. The van der Waals surface area contributed by atoms with E-state index >= 15 is 0 Å². The van der Waals surface area contributed by atoms with Crippen molar-refractivity contribution in [2.24, 2.45) is 0 Å². The average molecular weight is 187 g/mol. The second kappa shape index (κ2) is 4.43. The number of rotatable bonds is 0. The Morgan fingerprint density at radius 3 is 2.79 bits per heavy atom. The Hall–Kier alpha value is -1.82. The normalized spacial score (nSPS) is 9.00. The van der Waals surface area contributed by atoms with Crippen LogP contribution in [-0.2, 0) is 0 Å². The van der Waals surface area contributed by atoms with Crippen LogP contribution in [0.25, 0.3) is 11.0 Å². The molecule has 0 atom stereocenters. The van der Waals surface area contributed by atoms with Crippen LogP contribution in [-0.4, -0.2) is 9.97 Å². The molecule has 0 unspecified atom stereocenters. The maximum atomic E-state index is 8.79. The number of nitrogens with one attached hydrogen (secondary N) is 1. The number of aromatic amines is 1. The summed E-state index contributed by atoms with van der Waals surface area (Å²) >= 11 is 0. The molecule has 2 rings (SSSR count). The van der Waals surface area contributed by atoms with Crippen LogP contribution < -0.4 is 0 Å². The third-order valence-corrected chi connectivity index (χ3v) is 1.89. The van der Waals surface area contributed by atoms with Gasteiger partial charge in [-0.15, -0.1) is 0 Å². The quantitative estimate of drug-likeness (QED) is 0.689. The molecule has 2 aromatic heterocycles. The SMILES string of the molecule is CC.Cc1c[nH]c2nccc(C#N)c12. The summed E-state index contributed by atoms with van der Waals surface area (Å²) in [6.07, 6.45) is 3.50. The molecule has 72 valence electrons. The highest BCUT2D eigenvalue weighted by Crippen LogP contribution is 2.18. The lowest BCUT2D eigenvalue weighted by Crippen LogP contribution is -1.80. The fraction of sp³-hybridized carbons (Fsp3) is 0.273. The number of H-pyrrole nitrogens is 1. The monoisotopic (exact) mass is 187 g/mol. The van der Waals surface area contributed by atoms with E-state index < -0.39 is 0 Å². The van der Waals surface area contributed by atoms with Crippen LogP contribution in [0.5, 0.6) is 0 Å². The molecule has 0 saturated heterocycles. The Morgan fingerprint density at radius 1 is 1.43 bits per heavy atom. The van der Waals surface area contributed by atoms with Crippen LogP contribution in [0.3, 0.4) is 0 Å². The number of fused-ring (bicyclic) bond motifs is 1. The van der Waals surface area contributed by atoms with Crippen LogP contribution in [0.15, 0.2) is 18.5 Å². The maximum Gasteiger partial charge on any atom is 0.138 e. The van der Waals surface area contributed by atoms with Crippen molar-refractivity contribution in [1.82, 2.24) is 9.97 Å². The highest BCUT2D eigenvalue weighted by atomic mass is 14.8. The van der Waals surface area contributed by atoms with Gasteiger partial charge in [-0.25, -0.2) is 4.98 Å². The van der Waals surface area contributed by atoms with Crippen LogP contribution in [0.1, 0.15) is 25.0 Å². The Balaban J connectivity index is 0.000000461. The second-order valence-corrected chi connectivity index (χ2v) is 2.67. The maximum absolute atomic E-state index is 8.79. The van der Waals surface area contributed by atoms with Gasteiger partial charge in [0.15, 0.2) is 0 Å². The van der Waals surface area contributed by atoms with Gasteiger partial charge < -0.3 is 4.98 Å². The highest BCUT2D eigenvalue weighted by Gasteiger charge is 2.04. The lowest BCUT2D eigenvalue weighted by molar-refractivity contribution is 1.32. The van der Waals surface area contributed by atoms with Gasteiger partial charge in [0.05, 0.1) is 11.6 Å². The number of nitrogens with zero attached hydrogens (tertiary/aromatic N) is 2. The topological polar surface area (TPSA) is 52.5 Å². The van der Waals surface area contributed by atoms with Crippen molar-refractivity contribution in [2.45, 2.75) is 20.8 Å². The van der Waals surface area contributed by atoms with E-state index in [-0.39, 0.29) is 0 Å². The van der Waals surface area contributed by atoms with Crippen molar-refractivity contribution in [3.63, 3.8) is 0 Å². The zero-order valence-corrected chi connectivity index (χ0v) is 8.63. The molecule has 2 aromatic rings. The standard InChI is InChI=1S/C9H7N3.C2H6/c1-6-5-12-9-8(6)7(4-10)2-3-11-9;1-2/h2-3,5H,1H3,(H,11,12);1-2H3. The van der Waals surface area contributed by atoms with Crippen molar-refractivity contribution < 1.29 is 0 Å². The van der Waals surface area contributed by atoms with E-state index in [1.807, 2.05) is 27.0 Å². The molecule has 0 fully saturated rings. The Labute approximate surface area is 83.4 Å². The van der Waals surface area contributed by atoms with Crippen molar-refractivity contribution in [3.8, 4) is 6.07 Å². The number of nitriles is 1. The van der Waals surface area contributed by atoms with Gasteiger partial charge in [-0.3, -0.25) is 0 Å². The summed E-state index contributed by atoms with van der Waals surface area (Å²) < 4.78 is 0. The molecular weight excluding hydrogens is 174 g/mol. The van der Waals surface area contributed by atoms with E-state index in [0.29, 0.717) is 5.56 Å². The predicted octanol–water partition coefficient (Wildman–Crippen LogP) is 2.77. The Kier molecular flexibility index (Phi) is 3.24. The third kappa shape index (κ3) is 1.60. The molecule has 0 spiro atoms.